The highest BCUT2D eigenvalue weighted by Crippen LogP contribution is 2.25. The molecule has 6 nitrogen and oxygen atoms in total. The van der Waals surface area contributed by atoms with Gasteiger partial charge in [0.2, 0.25) is 5.91 Å². The van der Waals surface area contributed by atoms with Crippen LogP contribution in [-0.2, 0) is 4.79 Å². The first-order valence-corrected chi connectivity index (χ1v) is 11.2. The second kappa shape index (κ2) is 9.57. The quantitative estimate of drug-likeness (QED) is 0.777. The highest BCUT2D eigenvalue weighted by molar-refractivity contribution is 5.92. The summed E-state index contributed by atoms with van der Waals surface area (Å²) >= 11 is 0. The Kier molecular flexibility index (Phi) is 7.13. The first kappa shape index (κ1) is 20.9. The van der Waals surface area contributed by atoms with Crippen LogP contribution in [0.15, 0.2) is 12.3 Å². The second-order valence-corrected chi connectivity index (χ2v) is 8.82. The molecule has 1 aromatic rings. The Morgan fingerprint density at radius 3 is 2.18 bits per heavy atom. The predicted octanol–water partition coefficient (Wildman–Crippen LogP) is 3.84. The number of carbonyl (C=O) groups is 2. The van der Waals surface area contributed by atoms with Crippen LogP contribution in [0.4, 0.5) is 0 Å². The highest BCUT2D eigenvalue weighted by Gasteiger charge is 2.28. The van der Waals surface area contributed by atoms with Gasteiger partial charge in [-0.2, -0.15) is 5.10 Å². The van der Waals surface area contributed by atoms with Crippen molar-refractivity contribution in [1.29, 1.82) is 0 Å². The highest BCUT2D eigenvalue weighted by atomic mass is 16.2. The minimum atomic E-state index is -0.371. The van der Waals surface area contributed by atoms with Gasteiger partial charge in [-0.15, -0.1) is 0 Å². The maximum Gasteiger partial charge on any atom is 0.272 e. The minimum absolute atomic E-state index is 0.0113. The van der Waals surface area contributed by atoms with Crippen LogP contribution in [0.2, 0.25) is 0 Å². The smallest absolute Gasteiger partial charge is 0.272 e. The van der Waals surface area contributed by atoms with E-state index in [9.17, 15) is 9.59 Å². The molecule has 0 radical (unpaired) electrons. The van der Waals surface area contributed by atoms with Gasteiger partial charge in [0.15, 0.2) is 0 Å². The van der Waals surface area contributed by atoms with Crippen LogP contribution in [0.25, 0.3) is 0 Å². The average molecular weight is 389 g/mol. The van der Waals surface area contributed by atoms with Crippen LogP contribution in [0, 0.1) is 11.8 Å². The van der Waals surface area contributed by atoms with Crippen LogP contribution in [0.1, 0.15) is 95.1 Å². The summed E-state index contributed by atoms with van der Waals surface area (Å²) in [6.45, 7) is 6.40. The summed E-state index contributed by atoms with van der Waals surface area (Å²) in [5.74, 6) is 0.906. The third-order valence-corrected chi connectivity index (χ3v) is 6.72. The summed E-state index contributed by atoms with van der Waals surface area (Å²) in [4.78, 5) is 25.5. The average Bonchev–Trinajstić information content (AvgIpc) is 3.16. The zero-order valence-electron chi connectivity index (χ0n) is 17.6. The van der Waals surface area contributed by atoms with E-state index >= 15 is 0 Å². The van der Waals surface area contributed by atoms with Crippen molar-refractivity contribution in [2.75, 3.05) is 0 Å². The Balaban J connectivity index is 1.61. The van der Waals surface area contributed by atoms with E-state index in [-0.39, 0.29) is 29.9 Å². The molecule has 1 heterocycles. The topological polar surface area (TPSA) is 76.0 Å². The molecule has 0 bridgehead atoms. The van der Waals surface area contributed by atoms with Crippen molar-refractivity contribution in [2.45, 2.75) is 96.7 Å². The van der Waals surface area contributed by atoms with Crippen molar-refractivity contribution in [1.82, 2.24) is 20.4 Å². The van der Waals surface area contributed by atoms with Crippen molar-refractivity contribution >= 4 is 11.8 Å². The Morgan fingerprint density at radius 1 is 1.04 bits per heavy atom. The number of hydrogen-bond donors (Lipinski definition) is 2. The molecule has 0 unspecified atom stereocenters. The van der Waals surface area contributed by atoms with Crippen molar-refractivity contribution in [3.63, 3.8) is 0 Å². The molecule has 2 aliphatic carbocycles. The lowest BCUT2D eigenvalue weighted by molar-refractivity contribution is -0.126. The zero-order chi connectivity index (χ0) is 20.1. The summed E-state index contributed by atoms with van der Waals surface area (Å²) in [7, 11) is 0. The molecule has 2 amide bonds. The van der Waals surface area contributed by atoms with Gasteiger partial charge in [-0.3, -0.25) is 14.3 Å². The third kappa shape index (κ3) is 4.95. The van der Waals surface area contributed by atoms with E-state index in [0.717, 1.165) is 19.3 Å². The number of aromatic nitrogens is 2. The van der Waals surface area contributed by atoms with Gasteiger partial charge >= 0.3 is 0 Å². The van der Waals surface area contributed by atoms with Gasteiger partial charge in [0.05, 0.1) is 0 Å². The lowest BCUT2D eigenvalue weighted by Gasteiger charge is -2.31. The van der Waals surface area contributed by atoms with E-state index in [1.54, 1.807) is 16.9 Å². The molecule has 28 heavy (non-hydrogen) atoms. The molecule has 5 atom stereocenters. The zero-order valence-corrected chi connectivity index (χ0v) is 17.6. The monoisotopic (exact) mass is 388 g/mol. The van der Waals surface area contributed by atoms with Gasteiger partial charge in [-0.25, -0.2) is 0 Å². The van der Waals surface area contributed by atoms with Crippen molar-refractivity contribution < 1.29 is 9.59 Å². The van der Waals surface area contributed by atoms with Gasteiger partial charge in [-0.05, 0) is 50.0 Å². The van der Waals surface area contributed by atoms with Crippen molar-refractivity contribution in [2.24, 2.45) is 11.8 Å². The molecule has 2 fully saturated rings. The van der Waals surface area contributed by atoms with E-state index < -0.39 is 0 Å². The number of carbonyl (C=O) groups excluding carboxylic acids is 2. The molecule has 3 rings (SSSR count). The lowest BCUT2D eigenvalue weighted by Crippen LogP contribution is -2.44. The van der Waals surface area contributed by atoms with Crippen LogP contribution in [0.5, 0.6) is 0 Å². The van der Waals surface area contributed by atoms with Crippen LogP contribution in [0.3, 0.4) is 0 Å². The molecule has 2 saturated carbocycles. The molecule has 156 valence electrons. The predicted molar refractivity (Wildman–Crippen MR) is 110 cm³/mol. The van der Waals surface area contributed by atoms with E-state index in [2.05, 4.69) is 29.6 Å². The molecule has 0 saturated heterocycles. The van der Waals surface area contributed by atoms with Crippen LogP contribution >= 0.6 is 0 Å². The molecule has 2 aliphatic rings. The van der Waals surface area contributed by atoms with Crippen molar-refractivity contribution in [3.05, 3.63) is 18.0 Å². The van der Waals surface area contributed by atoms with Gasteiger partial charge < -0.3 is 10.6 Å². The van der Waals surface area contributed by atoms with Crippen LogP contribution in [-0.4, -0.2) is 33.7 Å². The Bertz CT molecular complexity index is 671. The fourth-order valence-electron chi connectivity index (χ4n) is 4.71. The normalized spacial score (nSPS) is 29.1. The number of hydrogen-bond acceptors (Lipinski definition) is 3. The third-order valence-electron chi connectivity index (χ3n) is 6.72. The summed E-state index contributed by atoms with van der Waals surface area (Å²) in [6, 6.07) is 1.83. The SMILES string of the molecule is CC[C@H](C(=O)N[C@@H]1CCCC[C@@H]1C)n1ccc(C(=O)N[C@H]2CCCC[C@@H]2C)n1. The van der Waals surface area contributed by atoms with E-state index in [1.807, 2.05) is 6.92 Å². The summed E-state index contributed by atoms with van der Waals surface area (Å²) in [6.07, 6.45) is 11.7. The molecular weight excluding hydrogens is 352 g/mol. The maximum absolute atomic E-state index is 12.9. The number of nitrogens with zero attached hydrogens (tertiary/aromatic N) is 2. The van der Waals surface area contributed by atoms with E-state index in [1.165, 1.54) is 32.1 Å². The van der Waals surface area contributed by atoms with Gasteiger partial charge in [-0.1, -0.05) is 46.5 Å². The fraction of sp³-hybridized carbons (Fsp3) is 0.773. The number of amides is 2. The van der Waals surface area contributed by atoms with Crippen molar-refractivity contribution in [3.8, 4) is 0 Å². The molecule has 0 aromatic carbocycles. The molecular formula is C22H36N4O2. The maximum atomic E-state index is 12.9. The molecule has 0 spiro atoms. The molecule has 1 aromatic heterocycles. The first-order valence-electron chi connectivity index (χ1n) is 11.2. The second-order valence-electron chi connectivity index (χ2n) is 8.82. The van der Waals surface area contributed by atoms with E-state index in [4.69, 9.17) is 0 Å². The van der Waals surface area contributed by atoms with Gasteiger partial charge in [0, 0.05) is 18.3 Å². The Morgan fingerprint density at radius 2 is 1.61 bits per heavy atom. The fourth-order valence-corrected chi connectivity index (χ4v) is 4.71. The molecule has 6 heteroatoms. The lowest BCUT2D eigenvalue weighted by atomic mass is 9.86. The minimum Gasteiger partial charge on any atom is -0.351 e. The van der Waals surface area contributed by atoms with Gasteiger partial charge in [0.1, 0.15) is 11.7 Å². The number of nitrogens with one attached hydrogen (secondary N) is 2. The standard InChI is InChI=1S/C22H36N4O2/c1-4-20(22(28)24-18-12-8-6-10-16(18)3)26-14-13-19(25-26)21(27)23-17-11-7-5-9-15(17)2/h13-18,20H,4-12H2,1-3H3,(H,23,27)(H,24,28)/t15-,16-,17-,18+,20+/m0/s1. The van der Waals surface area contributed by atoms with Gasteiger partial charge in [0.25, 0.3) is 5.91 Å². The van der Waals surface area contributed by atoms with Crippen LogP contribution < -0.4 is 10.6 Å². The first-order chi connectivity index (χ1) is 13.5. The number of rotatable bonds is 6. The largest absolute Gasteiger partial charge is 0.351 e. The summed E-state index contributed by atoms with van der Waals surface area (Å²) in [5, 5.41) is 10.8. The summed E-state index contributed by atoms with van der Waals surface area (Å²) < 4.78 is 1.65. The molecule has 2 N–H and O–H groups in total. The summed E-state index contributed by atoms with van der Waals surface area (Å²) in [5.41, 5.74) is 0.398. The van der Waals surface area contributed by atoms with E-state index in [0.29, 0.717) is 24.0 Å². The molecule has 0 aliphatic heterocycles. The Labute approximate surface area is 168 Å². The Hall–Kier alpha value is -1.85.